The van der Waals surface area contributed by atoms with Crippen LogP contribution in [0, 0.1) is 0 Å². The summed E-state index contributed by atoms with van der Waals surface area (Å²) < 4.78 is 5.17. The number of carbonyl (C=O) groups is 1. The van der Waals surface area contributed by atoms with E-state index in [9.17, 15) is 4.79 Å². The van der Waals surface area contributed by atoms with E-state index in [4.69, 9.17) is 51.1 Å². The molecule has 138 valence electrons. The highest BCUT2D eigenvalue weighted by molar-refractivity contribution is 6.42. The van der Waals surface area contributed by atoms with Gasteiger partial charge in [0.05, 0.1) is 15.7 Å². The number of carbonyl (C=O) groups excluding carboxylic acids is 1. The zero-order chi connectivity index (χ0) is 19.3. The highest BCUT2D eigenvalue weighted by Crippen LogP contribution is 2.29. The Balaban J connectivity index is 2.29. The third-order valence-electron chi connectivity index (χ3n) is 3.40. The summed E-state index contributed by atoms with van der Waals surface area (Å²) in [6, 6.07) is 10.2. The number of ether oxygens (including phenoxy) is 1. The molecule has 0 fully saturated rings. The van der Waals surface area contributed by atoms with Crippen molar-refractivity contribution >= 4 is 58.1 Å². The Morgan fingerprint density at radius 1 is 1.04 bits per heavy atom. The largest absolute Gasteiger partial charge is 0.463 e. The molecule has 1 atom stereocenters. The van der Waals surface area contributed by atoms with Gasteiger partial charge >= 0.3 is 5.97 Å². The van der Waals surface area contributed by atoms with Crippen LogP contribution in [0.3, 0.4) is 0 Å². The van der Waals surface area contributed by atoms with Gasteiger partial charge in [-0.1, -0.05) is 46.4 Å². The van der Waals surface area contributed by atoms with Crippen LogP contribution in [-0.2, 0) is 16.0 Å². The second kappa shape index (κ2) is 9.05. The Morgan fingerprint density at radius 3 is 2.27 bits per heavy atom. The molecule has 0 aliphatic rings. The van der Waals surface area contributed by atoms with Gasteiger partial charge in [0.25, 0.3) is 0 Å². The Hall–Kier alpha value is -1.33. The highest BCUT2D eigenvalue weighted by Gasteiger charge is 2.27. The number of esters is 1. The second-order valence-electron chi connectivity index (χ2n) is 6.03. The average molecular weight is 434 g/mol. The summed E-state index contributed by atoms with van der Waals surface area (Å²) in [5.74, 6) is -0.398. The second-order valence-corrected chi connectivity index (χ2v) is 7.72. The van der Waals surface area contributed by atoms with E-state index >= 15 is 0 Å². The molecule has 2 aromatic rings. The van der Waals surface area contributed by atoms with Crippen LogP contribution in [0.1, 0.15) is 19.4 Å². The van der Waals surface area contributed by atoms with Gasteiger partial charge in [-0.05, 0) is 48.9 Å². The van der Waals surface area contributed by atoms with Crippen molar-refractivity contribution in [3.63, 3.8) is 0 Å². The molecule has 8 heteroatoms. The van der Waals surface area contributed by atoms with Crippen LogP contribution in [0.2, 0.25) is 20.1 Å². The van der Waals surface area contributed by atoms with Crippen LogP contribution < -0.4 is 0 Å². The van der Waals surface area contributed by atoms with Crippen molar-refractivity contribution in [2.24, 2.45) is 10.2 Å². The molecule has 0 heterocycles. The first-order chi connectivity index (χ1) is 12.2. The average Bonchev–Trinajstić information content (AvgIpc) is 2.53. The topological polar surface area (TPSA) is 51.0 Å². The number of hydrogen-bond acceptors (Lipinski definition) is 4. The first-order valence-corrected chi connectivity index (χ1v) is 9.14. The van der Waals surface area contributed by atoms with Crippen LogP contribution >= 0.6 is 46.4 Å². The van der Waals surface area contributed by atoms with Crippen LogP contribution in [-0.4, -0.2) is 18.1 Å². The summed E-state index contributed by atoms with van der Waals surface area (Å²) in [7, 11) is 0. The maximum absolute atomic E-state index is 11.2. The van der Waals surface area contributed by atoms with Gasteiger partial charge in [-0.2, -0.15) is 10.2 Å². The lowest BCUT2D eigenvalue weighted by Crippen LogP contribution is -2.32. The van der Waals surface area contributed by atoms with Gasteiger partial charge in [-0.3, -0.25) is 4.79 Å². The van der Waals surface area contributed by atoms with Crippen LogP contribution in [0.5, 0.6) is 0 Å². The lowest BCUT2D eigenvalue weighted by Gasteiger charge is -2.23. The number of hydrogen-bond donors (Lipinski definition) is 0. The lowest BCUT2D eigenvalue weighted by atomic mass is 9.94. The van der Waals surface area contributed by atoms with E-state index in [1.165, 1.54) is 6.92 Å². The minimum absolute atomic E-state index is 0.0529. The molecule has 0 bridgehead atoms. The van der Waals surface area contributed by atoms with Gasteiger partial charge in [0.2, 0.25) is 0 Å². The van der Waals surface area contributed by atoms with E-state index in [1.54, 1.807) is 36.4 Å². The van der Waals surface area contributed by atoms with Crippen LogP contribution in [0.4, 0.5) is 5.69 Å². The third kappa shape index (κ3) is 6.44. The highest BCUT2D eigenvalue weighted by atomic mass is 35.5. The van der Waals surface area contributed by atoms with Gasteiger partial charge < -0.3 is 4.74 Å². The van der Waals surface area contributed by atoms with Crippen molar-refractivity contribution in [2.45, 2.75) is 25.8 Å². The summed E-state index contributed by atoms with van der Waals surface area (Å²) >= 11 is 24.0. The molecule has 0 saturated heterocycles. The smallest absolute Gasteiger partial charge is 0.302 e. The van der Waals surface area contributed by atoms with Crippen molar-refractivity contribution < 1.29 is 9.53 Å². The third-order valence-corrected chi connectivity index (χ3v) is 4.58. The van der Waals surface area contributed by atoms with E-state index < -0.39 is 11.5 Å². The van der Waals surface area contributed by atoms with Crippen LogP contribution in [0.15, 0.2) is 46.6 Å². The van der Waals surface area contributed by atoms with Crippen LogP contribution in [0.25, 0.3) is 0 Å². The summed E-state index contributed by atoms with van der Waals surface area (Å²) in [6.45, 7) is 3.22. The number of halogens is 4. The van der Waals surface area contributed by atoms with Crippen molar-refractivity contribution in [1.29, 1.82) is 0 Å². The lowest BCUT2D eigenvalue weighted by molar-refractivity contribution is -0.142. The summed E-state index contributed by atoms with van der Waals surface area (Å²) in [5, 5.41) is 10.5. The summed E-state index contributed by atoms with van der Waals surface area (Å²) in [4.78, 5) is 11.2. The predicted molar refractivity (Wildman–Crippen MR) is 106 cm³/mol. The van der Waals surface area contributed by atoms with E-state index in [-0.39, 0.29) is 6.61 Å². The number of benzene rings is 2. The van der Waals surface area contributed by atoms with Crippen molar-refractivity contribution in [2.75, 3.05) is 6.61 Å². The van der Waals surface area contributed by atoms with E-state index in [2.05, 4.69) is 10.2 Å². The monoisotopic (exact) mass is 432 g/mol. The number of nitrogens with zero attached hydrogens (tertiary/aromatic N) is 2. The maximum Gasteiger partial charge on any atom is 0.302 e. The molecule has 0 amide bonds. The van der Waals surface area contributed by atoms with E-state index in [1.807, 2.05) is 6.92 Å². The molecule has 0 N–H and O–H groups in total. The molecule has 2 rings (SSSR count). The zero-order valence-corrected chi connectivity index (χ0v) is 17.1. The molecular formula is C18H16Cl4N2O2. The molecule has 4 nitrogen and oxygen atoms in total. The Labute approximate surface area is 172 Å². The standard InChI is InChI=1S/C18H16Cl4N2O2/c1-11(25)26-10-18(2,9-12-5-13(19)7-14(20)6-12)24-23-15-3-4-16(21)17(22)8-15/h3-8H,9-10H2,1-2H3/t18-/m0/s1. The fourth-order valence-electron chi connectivity index (χ4n) is 2.25. The minimum Gasteiger partial charge on any atom is -0.463 e. The minimum atomic E-state index is -0.814. The van der Waals surface area contributed by atoms with Gasteiger partial charge in [0.15, 0.2) is 0 Å². The molecule has 0 aliphatic heterocycles. The SMILES string of the molecule is CC(=O)OC[C@](C)(Cc1cc(Cl)cc(Cl)c1)N=Nc1ccc(Cl)c(Cl)c1. The maximum atomic E-state index is 11.2. The summed E-state index contributed by atoms with van der Waals surface area (Å²) in [5.41, 5.74) is 0.578. The molecule has 0 unspecified atom stereocenters. The molecule has 0 aliphatic carbocycles. The molecular weight excluding hydrogens is 418 g/mol. The van der Waals surface area contributed by atoms with E-state index in [0.717, 1.165) is 5.56 Å². The fourth-order valence-corrected chi connectivity index (χ4v) is 3.11. The first kappa shape index (κ1) is 21.0. The molecule has 2 aromatic carbocycles. The number of azo groups is 1. The van der Waals surface area contributed by atoms with Gasteiger partial charge in [-0.25, -0.2) is 0 Å². The van der Waals surface area contributed by atoms with Gasteiger partial charge in [0.1, 0.15) is 12.1 Å². The van der Waals surface area contributed by atoms with Crippen molar-refractivity contribution in [3.8, 4) is 0 Å². The van der Waals surface area contributed by atoms with Crippen molar-refractivity contribution in [1.82, 2.24) is 0 Å². The van der Waals surface area contributed by atoms with Crippen molar-refractivity contribution in [3.05, 3.63) is 62.1 Å². The Morgan fingerprint density at radius 2 is 1.69 bits per heavy atom. The molecule has 0 aromatic heterocycles. The summed E-state index contributed by atoms with van der Waals surface area (Å²) in [6.07, 6.45) is 0.422. The molecule has 0 saturated carbocycles. The molecule has 26 heavy (non-hydrogen) atoms. The first-order valence-electron chi connectivity index (χ1n) is 7.63. The quantitative estimate of drug-likeness (QED) is 0.365. The molecule has 0 spiro atoms. The fraction of sp³-hybridized carbons (Fsp3) is 0.278. The van der Waals surface area contributed by atoms with E-state index in [0.29, 0.717) is 32.2 Å². The zero-order valence-electron chi connectivity index (χ0n) is 14.1. The van der Waals surface area contributed by atoms with Gasteiger partial charge in [0, 0.05) is 23.4 Å². The Bertz CT molecular complexity index is 822. The van der Waals surface area contributed by atoms with Gasteiger partial charge in [-0.15, -0.1) is 0 Å². The normalized spacial score (nSPS) is 13.6. The predicted octanol–water partition coefficient (Wildman–Crippen LogP) is 6.95. The Kier molecular flexibility index (Phi) is 7.30. The number of rotatable bonds is 6. The molecule has 0 radical (unpaired) electrons.